The highest BCUT2D eigenvalue weighted by molar-refractivity contribution is 6.31. The maximum atomic E-state index is 12.5. The average Bonchev–Trinajstić information content (AvgIpc) is 3.31. The summed E-state index contributed by atoms with van der Waals surface area (Å²) in [5.74, 6) is -0.114. The topological polar surface area (TPSA) is 79.2 Å². The van der Waals surface area contributed by atoms with E-state index in [1.165, 1.54) is 0 Å². The summed E-state index contributed by atoms with van der Waals surface area (Å²) in [4.78, 5) is 16.8. The molecule has 1 heterocycles. The first-order chi connectivity index (χ1) is 17.1. The van der Waals surface area contributed by atoms with E-state index >= 15 is 0 Å². The highest BCUT2D eigenvalue weighted by Crippen LogP contribution is 2.17. The number of carbonyl (C=O) groups is 1. The molecule has 0 fully saturated rings. The van der Waals surface area contributed by atoms with Gasteiger partial charge in [0.05, 0.1) is 24.5 Å². The molecule has 6 nitrogen and oxygen atoms in total. The second kappa shape index (κ2) is 15.4. The number of rotatable bonds is 11. The van der Waals surface area contributed by atoms with Gasteiger partial charge in [0.25, 0.3) is 0 Å². The van der Waals surface area contributed by atoms with Crippen LogP contribution in [-0.2, 0) is 24.2 Å². The highest BCUT2D eigenvalue weighted by Gasteiger charge is 2.09. The Labute approximate surface area is 234 Å². The summed E-state index contributed by atoms with van der Waals surface area (Å²) in [5.41, 5.74) is 4.53. The number of halogens is 3. The van der Waals surface area contributed by atoms with Crippen molar-refractivity contribution in [2.75, 3.05) is 18.4 Å². The minimum absolute atomic E-state index is 0. The van der Waals surface area contributed by atoms with Gasteiger partial charge < -0.3 is 20.3 Å². The molecule has 0 spiro atoms. The van der Waals surface area contributed by atoms with E-state index in [0.29, 0.717) is 23.8 Å². The summed E-state index contributed by atoms with van der Waals surface area (Å²) in [5, 5.41) is 17.1. The predicted octanol–water partition coefficient (Wildman–Crippen LogP) is 5.48. The first-order valence-electron chi connectivity index (χ1n) is 11.6. The first kappa shape index (κ1) is 30.4. The standard InChI is InChI=1S/C28H29ClN4O2.2ClH/c29-26-9-5-4-8-23(26)18-33-19-25(31-20-33)16-28(35)32-24-12-10-21(11-13-24)14-15-30-17-27(34)22-6-2-1-3-7-22;;/h1-13,19-20,27,30,34H,14-18H2,(H,32,35);2*1H/t27-;;/m0../s1. The van der Waals surface area contributed by atoms with Gasteiger partial charge in [-0.1, -0.05) is 72.3 Å². The molecule has 9 heteroatoms. The Bertz CT molecular complexity index is 1230. The third-order valence-corrected chi connectivity index (χ3v) is 6.06. The van der Waals surface area contributed by atoms with Crippen LogP contribution in [0, 0.1) is 0 Å². The predicted molar refractivity (Wildman–Crippen MR) is 154 cm³/mol. The molecule has 0 aliphatic rings. The fourth-order valence-corrected chi connectivity index (χ4v) is 3.99. The van der Waals surface area contributed by atoms with Crippen molar-refractivity contribution in [3.8, 4) is 0 Å². The molecule has 0 radical (unpaired) electrons. The number of amides is 1. The summed E-state index contributed by atoms with van der Waals surface area (Å²) in [7, 11) is 0. The summed E-state index contributed by atoms with van der Waals surface area (Å²) in [6.45, 7) is 1.87. The molecule has 0 bridgehead atoms. The van der Waals surface area contributed by atoms with Gasteiger partial charge in [0.1, 0.15) is 0 Å². The molecular weight excluding hydrogens is 531 g/mol. The number of carbonyl (C=O) groups excluding carboxylic acids is 1. The second-order valence-corrected chi connectivity index (χ2v) is 8.84. The smallest absolute Gasteiger partial charge is 0.230 e. The van der Waals surface area contributed by atoms with E-state index in [1.54, 1.807) is 6.33 Å². The maximum Gasteiger partial charge on any atom is 0.230 e. The molecule has 0 saturated heterocycles. The first-order valence-corrected chi connectivity index (χ1v) is 12.0. The number of nitrogens with one attached hydrogen (secondary N) is 2. The van der Waals surface area contributed by atoms with Crippen molar-refractivity contribution in [3.63, 3.8) is 0 Å². The number of aliphatic hydroxyl groups excluding tert-OH is 1. The van der Waals surface area contributed by atoms with E-state index in [9.17, 15) is 9.90 Å². The zero-order valence-electron chi connectivity index (χ0n) is 20.2. The Balaban J connectivity index is 0.00000241. The number of imidazole rings is 1. The summed E-state index contributed by atoms with van der Waals surface area (Å²) >= 11 is 6.23. The van der Waals surface area contributed by atoms with Gasteiger partial charge in [0.15, 0.2) is 0 Å². The molecule has 196 valence electrons. The number of anilines is 1. The number of hydrogen-bond acceptors (Lipinski definition) is 4. The molecule has 1 atom stereocenters. The number of benzene rings is 3. The lowest BCUT2D eigenvalue weighted by atomic mass is 10.1. The Morgan fingerprint density at radius 2 is 1.68 bits per heavy atom. The zero-order valence-corrected chi connectivity index (χ0v) is 22.6. The molecule has 4 rings (SSSR count). The minimum atomic E-state index is -0.517. The lowest BCUT2D eigenvalue weighted by molar-refractivity contribution is -0.115. The normalized spacial score (nSPS) is 11.2. The van der Waals surface area contributed by atoms with Gasteiger partial charge in [-0.2, -0.15) is 0 Å². The van der Waals surface area contributed by atoms with Crippen LogP contribution >= 0.6 is 36.4 Å². The second-order valence-electron chi connectivity index (χ2n) is 8.43. The molecule has 1 aromatic heterocycles. The van der Waals surface area contributed by atoms with Gasteiger partial charge in [-0.15, -0.1) is 24.8 Å². The van der Waals surface area contributed by atoms with Crippen LogP contribution in [0.25, 0.3) is 0 Å². The van der Waals surface area contributed by atoms with Gasteiger partial charge in [0, 0.05) is 30.0 Å². The summed E-state index contributed by atoms with van der Waals surface area (Å²) in [6, 6.07) is 25.1. The maximum absolute atomic E-state index is 12.5. The fourth-order valence-electron chi connectivity index (χ4n) is 3.80. The highest BCUT2D eigenvalue weighted by atomic mass is 35.5. The van der Waals surface area contributed by atoms with Gasteiger partial charge in [-0.05, 0) is 47.9 Å². The van der Waals surface area contributed by atoms with E-state index in [0.717, 1.165) is 35.3 Å². The fraction of sp³-hybridized carbons (Fsp3) is 0.214. The van der Waals surface area contributed by atoms with Crippen LogP contribution in [0.4, 0.5) is 5.69 Å². The molecule has 0 aliphatic carbocycles. The van der Waals surface area contributed by atoms with Gasteiger partial charge in [0.2, 0.25) is 5.91 Å². The molecule has 1 amide bonds. The van der Waals surface area contributed by atoms with Gasteiger partial charge in [-0.25, -0.2) is 4.98 Å². The number of aromatic nitrogens is 2. The Morgan fingerprint density at radius 3 is 2.41 bits per heavy atom. The van der Waals surface area contributed by atoms with Crippen molar-refractivity contribution in [3.05, 3.63) is 119 Å². The SMILES string of the molecule is Cl.Cl.O=C(Cc1cn(Cc2ccccc2Cl)cn1)Nc1ccc(CCNC[C@H](O)c2ccccc2)cc1. The van der Waals surface area contributed by atoms with Gasteiger partial charge in [-0.3, -0.25) is 4.79 Å². The third kappa shape index (κ3) is 9.50. The number of aliphatic hydroxyl groups is 1. The van der Waals surface area contributed by atoms with Crippen LogP contribution in [0.3, 0.4) is 0 Å². The number of hydrogen-bond donors (Lipinski definition) is 3. The van der Waals surface area contributed by atoms with Gasteiger partial charge >= 0.3 is 0 Å². The largest absolute Gasteiger partial charge is 0.387 e. The van der Waals surface area contributed by atoms with Crippen molar-refractivity contribution >= 4 is 48.0 Å². The minimum Gasteiger partial charge on any atom is -0.387 e. The van der Waals surface area contributed by atoms with Crippen LogP contribution < -0.4 is 10.6 Å². The van der Waals surface area contributed by atoms with E-state index in [4.69, 9.17) is 11.6 Å². The lowest BCUT2D eigenvalue weighted by Crippen LogP contribution is -2.23. The molecule has 0 unspecified atom stereocenters. The van der Waals surface area contributed by atoms with Crippen LogP contribution in [-0.4, -0.2) is 33.7 Å². The molecule has 4 aromatic rings. The van der Waals surface area contributed by atoms with E-state index in [-0.39, 0.29) is 37.1 Å². The van der Waals surface area contributed by atoms with E-state index < -0.39 is 6.10 Å². The Kier molecular flexibility index (Phi) is 12.6. The summed E-state index contributed by atoms with van der Waals surface area (Å²) in [6.07, 6.45) is 4.10. The van der Waals surface area contributed by atoms with Crippen LogP contribution in [0.15, 0.2) is 91.4 Å². The Morgan fingerprint density at radius 1 is 0.973 bits per heavy atom. The molecule has 3 N–H and O–H groups in total. The van der Waals surface area contributed by atoms with Crippen molar-refractivity contribution < 1.29 is 9.90 Å². The molecular formula is C28H31Cl3N4O2. The van der Waals surface area contributed by atoms with Crippen molar-refractivity contribution in [1.29, 1.82) is 0 Å². The molecule has 0 saturated carbocycles. The number of nitrogens with zero attached hydrogens (tertiary/aromatic N) is 2. The van der Waals surface area contributed by atoms with Crippen LogP contribution in [0.5, 0.6) is 0 Å². The summed E-state index contributed by atoms with van der Waals surface area (Å²) < 4.78 is 1.92. The van der Waals surface area contributed by atoms with E-state index in [1.807, 2.05) is 89.6 Å². The molecule has 3 aromatic carbocycles. The third-order valence-electron chi connectivity index (χ3n) is 5.69. The Hall–Kier alpha value is -2.87. The quantitative estimate of drug-likeness (QED) is 0.212. The van der Waals surface area contributed by atoms with Crippen LogP contribution in [0.1, 0.15) is 28.5 Å². The van der Waals surface area contributed by atoms with E-state index in [2.05, 4.69) is 15.6 Å². The lowest BCUT2D eigenvalue weighted by Gasteiger charge is -2.12. The average molecular weight is 562 g/mol. The zero-order chi connectivity index (χ0) is 24.5. The molecule has 37 heavy (non-hydrogen) atoms. The monoisotopic (exact) mass is 560 g/mol. The van der Waals surface area contributed by atoms with Crippen LogP contribution in [0.2, 0.25) is 5.02 Å². The van der Waals surface area contributed by atoms with Crippen molar-refractivity contribution in [2.24, 2.45) is 0 Å². The van der Waals surface area contributed by atoms with Crippen molar-refractivity contribution in [1.82, 2.24) is 14.9 Å². The molecule has 0 aliphatic heterocycles. The van der Waals surface area contributed by atoms with Crippen molar-refractivity contribution in [2.45, 2.75) is 25.5 Å².